The van der Waals surface area contributed by atoms with Gasteiger partial charge in [-0.2, -0.15) is 0 Å². The number of hydrogen-bond acceptors (Lipinski definition) is 3. The Balaban J connectivity index is 1.79. The number of halogens is 1. The van der Waals surface area contributed by atoms with Crippen LogP contribution in [0.1, 0.15) is 30.0 Å². The van der Waals surface area contributed by atoms with Gasteiger partial charge in [0, 0.05) is 25.7 Å². The van der Waals surface area contributed by atoms with E-state index in [4.69, 9.17) is 0 Å². The molecule has 0 bridgehead atoms. The van der Waals surface area contributed by atoms with E-state index in [1.54, 1.807) is 18.3 Å². The molecule has 1 aromatic carbocycles. The van der Waals surface area contributed by atoms with E-state index in [0.717, 1.165) is 29.7 Å². The third kappa shape index (κ3) is 7.34. The molecule has 0 saturated heterocycles. The lowest BCUT2D eigenvalue weighted by molar-refractivity contribution is -0.116. The fraction of sp³-hybridized carbons (Fsp3) is 0.381. The van der Waals surface area contributed by atoms with Crippen molar-refractivity contribution in [1.29, 1.82) is 0 Å². The molecule has 0 atom stereocenters. The van der Waals surface area contributed by atoms with Crippen LogP contribution < -0.4 is 16.0 Å². The molecule has 28 heavy (non-hydrogen) atoms. The summed E-state index contributed by atoms with van der Waals surface area (Å²) in [4.78, 5) is 20.6. The molecule has 3 N–H and O–H groups in total. The molecule has 2 aromatic rings. The number of hydrogen-bond donors (Lipinski definition) is 3. The number of carbonyl (C=O) groups excluding carboxylic acids is 1. The van der Waals surface area contributed by atoms with Gasteiger partial charge in [0.25, 0.3) is 0 Å². The van der Waals surface area contributed by atoms with Crippen LogP contribution in [-0.2, 0) is 11.2 Å². The molecule has 0 aliphatic carbocycles. The molecule has 0 spiro atoms. The average Bonchev–Trinajstić information content (AvgIpc) is 2.65. The second-order valence-corrected chi connectivity index (χ2v) is 6.53. The van der Waals surface area contributed by atoms with Crippen LogP contribution in [-0.4, -0.2) is 36.5 Å². The van der Waals surface area contributed by atoms with Gasteiger partial charge in [0.05, 0.1) is 6.54 Å². The number of aryl methyl sites for hydroxylation is 2. The topological polar surface area (TPSA) is 78.4 Å². The highest BCUT2D eigenvalue weighted by atomic mass is 19.1. The van der Waals surface area contributed by atoms with Crippen molar-refractivity contribution < 1.29 is 9.18 Å². The molecule has 7 heteroatoms. The van der Waals surface area contributed by atoms with Gasteiger partial charge >= 0.3 is 0 Å². The molecule has 1 amide bonds. The number of guanidine groups is 1. The molecule has 2 rings (SSSR count). The van der Waals surface area contributed by atoms with Crippen molar-refractivity contribution in [3.63, 3.8) is 0 Å². The van der Waals surface area contributed by atoms with Crippen molar-refractivity contribution in [3.8, 4) is 0 Å². The van der Waals surface area contributed by atoms with E-state index < -0.39 is 0 Å². The highest BCUT2D eigenvalue weighted by Gasteiger charge is 2.04. The van der Waals surface area contributed by atoms with Crippen molar-refractivity contribution in [2.45, 2.75) is 33.6 Å². The number of nitrogens with one attached hydrogen (secondary N) is 3. The Kier molecular flexibility index (Phi) is 8.39. The molecular weight excluding hydrogens is 357 g/mol. The lowest BCUT2D eigenvalue weighted by Crippen LogP contribution is -2.38. The van der Waals surface area contributed by atoms with Crippen molar-refractivity contribution in [3.05, 3.63) is 59.0 Å². The number of aromatic nitrogens is 1. The Morgan fingerprint density at radius 2 is 2.00 bits per heavy atom. The molecule has 6 nitrogen and oxygen atoms in total. The van der Waals surface area contributed by atoms with E-state index >= 15 is 0 Å². The summed E-state index contributed by atoms with van der Waals surface area (Å²) < 4.78 is 13.2. The van der Waals surface area contributed by atoms with Gasteiger partial charge in [0.1, 0.15) is 11.6 Å². The Hall–Kier alpha value is -2.96. The van der Waals surface area contributed by atoms with Crippen molar-refractivity contribution in [1.82, 2.24) is 15.6 Å². The van der Waals surface area contributed by atoms with Crippen LogP contribution in [0.2, 0.25) is 0 Å². The van der Waals surface area contributed by atoms with Gasteiger partial charge in [0.2, 0.25) is 5.91 Å². The summed E-state index contributed by atoms with van der Waals surface area (Å²) in [6.45, 7) is 7.58. The number of pyridine rings is 1. The van der Waals surface area contributed by atoms with Crippen molar-refractivity contribution >= 4 is 17.7 Å². The number of aliphatic imine (C=N–C) groups is 1. The molecule has 150 valence electrons. The lowest BCUT2D eigenvalue weighted by Gasteiger charge is -2.12. The summed E-state index contributed by atoms with van der Waals surface area (Å²) in [5.74, 6) is 0.851. The Bertz CT molecular complexity index is 805. The molecule has 0 aliphatic rings. The van der Waals surface area contributed by atoms with E-state index in [9.17, 15) is 9.18 Å². The fourth-order valence-corrected chi connectivity index (χ4v) is 2.61. The molecule has 0 fully saturated rings. The highest BCUT2D eigenvalue weighted by molar-refractivity contribution is 5.90. The quantitative estimate of drug-likeness (QED) is 0.482. The molecule has 1 aromatic heterocycles. The maximum Gasteiger partial charge on any atom is 0.227 e. The zero-order valence-electron chi connectivity index (χ0n) is 16.7. The van der Waals surface area contributed by atoms with Crippen LogP contribution in [0.25, 0.3) is 0 Å². The number of anilines is 1. The minimum atomic E-state index is -0.219. The van der Waals surface area contributed by atoms with Gasteiger partial charge < -0.3 is 16.0 Å². The fourth-order valence-electron chi connectivity index (χ4n) is 2.61. The van der Waals surface area contributed by atoms with Crippen LogP contribution in [0.3, 0.4) is 0 Å². The predicted molar refractivity (Wildman–Crippen MR) is 111 cm³/mol. The molecule has 0 unspecified atom stereocenters. The first kappa shape index (κ1) is 21.3. The maximum absolute atomic E-state index is 13.2. The predicted octanol–water partition coefficient (Wildman–Crippen LogP) is 2.96. The number of benzene rings is 1. The Morgan fingerprint density at radius 1 is 1.18 bits per heavy atom. The lowest BCUT2D eigenvalue weighted by atomic mass is 10.1. The van der Waals surface area contributed by atoms with E-state index in [1.807, 2.05) is 26.8 Å². The first-order valence-corrected chi connectivity index (χ1v) is 9.47. The first-order valence-electron chi connectivity index (χ1n) is 9.47. The summed E-state index contributed by atoms with van der Waals surface area (Å²) in [6, 6.07) is 8.50. The number of nitrogens with zero attached hydrogens (tertiary/aromatic N) is 2. The Morgan fingerprint density at radius 3 is 2.68 bits per heavy atom. The smallest absolute Gasteiger partial charge is 0.227 e. The van der Waals surface area contributed by atoms with Crippen LogP contribution in [0.5, 0.6) is 0 Å². The third-order valence-corrected chi connectivity index (χ3v) is 4.12. The second kappa shape index (κ2) is 11.0. The summed E-state index contributed by atoms with van der Waals surface area (Å²) in [7, 11) is 0. The van der Waals surface area contributed by atoms with E-state index in [0.29, 0.717) is 24.9 Å². The van der Waals surface area contributed by atoms with Gasteiger partial charge in [-0.05, 0) is 62.1 Å². The average molecular weight is 385 g/mol. The summed E-state index contributed by atoms with van der Waals surface area (Å²) >= 11 is 0. The van der Waals surface area contributed by atoms with Crippen LogP contribution in [0.4, 0.5) is 10.2 Å². The minimum Gasteiger partial charge on any atom is -0.357 e. The van der Waals surface area contributed by atoms with Gasteiger partial charge in [-0.25, -0.2) is 9.37 Å². The monoisotopic (exact) mass is 385 g/mol. The SMILES string of the molecule is CCNC(=NCCC(=O)Nc1ccc(C)cn1)NCCc1ccc(F)cc1C. The van der Waals surface area contributed by atoms with Crippen molar-refractivity contribution in [2.24, 2.45) is 4.99 Å². The summed E-state index contributed by atoms with van der Waals surface area (Å²) in [5.41, 5.74) is 3.07. The first-order chi connectivity index (χ1) is 13.5. The number of amides is 1. The van der Waals surface area contributed by atoms with Gasteiger partial charge in [-0.15, -0.1) is 0 Å². The molecule has 1 heterocycles. The van der Waals surface area contributed by atoms with Crippen LogP contribution >= 0.6 is 0 Å². The van der Waals surface area contributed by atoms with Crippen molar-refractivity contribution in [2.75, 3.05) is 25.0 Å². The van der Waals surface area contributed by atoms with E-state index in [-0.39, 0.29) is 18.1 Å². The molecule has 0 radical (unpaired) electrons. The van der Waals surface area contributed by atoms with E-state index in [1.165, 1.54) is 12.1 Å². The van der Waals surface area contributed by atoms with Gasteiger partial charge in [0.15, 0.2) is 5.96 Å². The summed E-state index contributed by atoms with van der Waals surface area (Å²) in [6.07, 6.45) is 2.74. The zero-order valence-corrected chi connectivity index (χ0v) is 16.7. The maximum atomic E-state index is 13.2. The zero-order chi connectivity index (χ0) is 20.4. The molecular formula is C21H28FN5O. The number of rotatable bonds is 8. The van der Waals surface area contributed by atoms with E-state index in [2.05, 4.69) is 25.9 Å². The highest BCUT2D eigenvalue weighted by Crippen LogP contribution is 2.10. The third-order valence-electron chi connectivity index (χ3n) is 4.12. The molecule has 0 aliphatic heterocycles. The largest absolute Gasteiger partial charge is 0.357 e. The normalized spacial score (nSPS) is 11.2. The standard InChI is InChI=1S/C21H28FN5O/c1-4-23-21(24-11-9-17-6-7-18(22)13-16(17)3)25-12-10-20(28)27-19-8-5-15(2)14-26-19/h5-8,13-14H,4,9-12H2,1-3H3,(H2,23,24,25)(H,26,27,28). The number of carbonyl (C=O) groups is 1. The van der Waals surface area contributed by atoms with Crippen LogP contribution in [0, 0.1) is 19.7 Å². The minimum absolute atomic E-state index is 0.127. The second-order valence-electron chi connectivity index (χ2n) is 6.53. The van der Waals surface area contributed by atoms with Gasteiger partial charge in [-0.1, -0.05) is 12.1 Å². The Labute approximate surface area is 165 Å². The summed E-state index contributed by atoms with van der Waals surface area (Å²) in [5, 5.41) is 9.16. The van der Waals surface area contributed by atoms with Crippen LogP contribution in [0.15, 0.2) is 41.5 Å². The molecule has 0 saturated carbocycles. The van der Waals surface area contributed by atoms with Gasteiger partial charge in [-0.3, -0.25) is 9.79 Å².